The highest BCUT2D eigenvalue weighted by atomic mass is 19.1. The Bertz CT molecular complexity index is 1900. The molecule has 1 amide bonds. The molecule has 13 nitrogen and oxygen atoms in total. The van der Waals surface area contributed by atoms with Crippen LogP contribution < -0.4 is 20.3 Å². The number of halogens is 1. The number of ether oxygens (including phenoxy) is 2. The molecule has 2 N–H and O–H groups in total. The van der Waals surface area contributed by atoms with Crippen molar-refractivity contribution in [2.75, 3.05) is 48.8 Å². The van der Waals surface area contributed by atoms with Crippen molar-refractivity contribution in [3.05, 3.63) is 66.9 Å². The Morgan fingerprint density at radius 2 is 1.88 bits per heavy atom. The number of amides is 1. The van der Waals surface area contributed by atoms with Crippen molar-refractivity contribution in [2.45, 2.75) is 64.0 Å². The molecule has 1 aromatic carbocycles. The van der Waals surface area contributed by atoms with E-state index in [-0.39, 0.29) is 11.2 Å². The van der Waals surface area contributed by atoms with Crippen LogP contribution in [0.5, 0.6) is 11.6 Å². The van der Waals surface area contributed by atoms with Crippen molar-refractivity contribution in [3.8, 4) is 22.8 Å². The minimum atomic E-state index is -0.538. The SMILES string of the molecule is COC(=O)Nc1cc(NC2CC([C@@H](C(C)C)N3CC4(CCN(c5ncnnc5Oc5ccc(F)cc5-c5cncnc5C5CC5)C4)C3)C2)ccn1. The Labute approximate surface area is 296 Å². The number of anilines is 3. The van der Waals surface area contributed by atoms with E-state index in [1.54, 1.807) is 24.8 Å². The molecule has 0 unspecified atom stereocenters. The van der Waals surface area contributed by atoms with Crippen molar-refractivity contribution in [3.63, 3.8) is 0 Å². The van der Waals surface area contributed by atoms with Crippen LogP contribution in [-0.4, -0.2) is 86.5 Å². The zero-order chi connectivity index (χ0) is 35.1. The molecule has 1 atom stereocenters. The Morgan fingerprint density at radius 3 is 2.67 bits per heavy atom. The molecule has 4 fully saturated rings. The van der Waals surface area contributed by atoms with Crippen molar-refractivity contribution in [2.24, 2.45) is 17.3 Å². The van der Waals surface area contributed by atoms with Crippen molar-refractivity contribution in [1.29, 1.82) is 0 Å². The molecule has 1 spiro atoms. The molecule has 4 aliphatic rings. The van der Waals surface area contributed by atoms with Crippen LogP contribution >= 0.6 is 0 Å². The largest absolute Gasteiger partial charge is 0.453 e. The molecule has 5 heterocycles. The third kappa shape index (κ3) is 6.88. The number of carbonyl (C=O) groups excluding carboxylic acids is 1. The van der Waals surface area contributed by atoms with Gasteiger partial charge in [-0.25, -0.2) is 29.1 Å². The van der Waals surface area contributed by atoms with Crippen LogP contribution in [0.3, 0.4) is 0 Å². The lowest BCUT2D eigenvalue weighted by Gasteiger charge is -2.57. The van der Waals surface area contributed by atoms with Crippen molar-refractivity contribution >= 4 is 23.4 Å². The number of pyridine rings is 1. The number of aromatic nitrogens is 6. The summed E-state index contributed by atoms with van der Waals surface area (Å²) in [6.45, 7) is 8.46. The Morgan fingerprint density at radius 1 is 1.04 bits per heavy atom. The van der Waals surface area contributed by atoms with Gasteiger partial charge in [-0.05, 0) is 68.2 Å². The van der Waals surface area contributed by atoms with Gasteiger partial charge in [0.2, 0.25) is 0 Å². The maximum Gasteiger partial charge on any atom is 0.412 e. The predicted octanol–water partition coefficient (Wildman–Crippen LogP) is 6.14. The summed E-state index contributed by atoms with van der Waals surface area (Å²) in [5, 5.41) is 14.7. The predicted molar refractivity (Wildman–Crippen MR) is 189 cm³/mol. The van der Waals surface area contributed by atoms with E-state index < -0.39 is 6.09 Å². The number of nitrogens with zero attached hydrogens (tertiary/aromatic N) is 8. The van der Waals surface area contributed by atoms with Gasteiger partial charge in [-0.3, -0.25) is 10.2 Å². The highest BCUT2D eigenvalue weighted by Gasteiger charge is 2.53. The van der Waals surface area contributed by atoms with Gasteiger partial charge < -0.3 is 19.7 Å². The Hall–Kier alpha value is -4.98. The second-order valence-electron chi connectivity index (χ2n) is 14.9. The number of nitrogens with one attached hydrogen (secondary N) is 2. The van der Waals surface area contributed by atoms with Gasteiger partial charge in [0.15, 0.2) is 5.82 Å². The first-order valence-electron chi connectivity index (χ1n) is 17.8. The van der Waals surface area contributed by atoms with Crippen LogP contribution in [0.2, 0.25) is 0 Å². The van der Waals surface area contributed by atoms with Gasteiger partial charge in [-0.2, -0.15) is 0 Å². The van der Waals surface area contributed by atoms with Crippen molar-refractivity contribution < 1.29 is 18.7 Å². The third-order valence-electron chi connectivity index (χ3n) is 10.8. The lowest BCUT2D eigenvalue weighted by molar-refractivity contribution is -0.0656. The maximum atomic E-state index is 14.6. The van der Waals surface area contributed by atoms with Gasteiger partial charge in [0, 0.05) is 84.9 Å². The van der Waals surface area contributed by atoms with E-state index in [0.717, 1.165) is 75.2 Å². The molecule has 2 aliphatic heterocycles. The fourth-order valence-electron chi connectivity index (χ4n) is 8.38. The first-order chi connectivity index (χ1) is 24.8. The first-order valence-corrected chi connectivity index (χ1v) is 17.8. The zero-order valence-electron chi connectivity index (χ0n) is 29.1. The number of hydrogen-bond donors (Lipinski definition) is 2. The number of carbonyl (C=O) groups is 1. The average Bonchev–Trinajstić information content (AvgIpc) is 3.85. The molecule has 14 heteroatoms. The molecule has 3 aromatic heterocycles. The summed E-state index contributed by atoms with van der Waals surface area (Å²) >= 11 is 0. The van der Waals surface area contributed by atoms with Crippen molar-refractivity contribution in [1.82, 2.24) is 35.0 Å². The highest BCUT2D eigenvalue weighted by Crippen LogP contribution is 2.49. The molecule has 2 aliphatic carbocycles. The van der Waals surface area contributed by atoms with E-state index in [0.29, 0.717) is 58.7 Å². The number of hydrogen-bond acceptors (Lipinski definition) is 12. The summed E-state index contributed by atoms with van der Waals surface area (Å²) in [7, 11) is 1.33. The fourth-order valence-corrected chi connectivity index (χ4v) is 8.38. The van der Waals surface area contributed by atoms with Gasteiger partial charge in [0.1, 0.15) is 30.0 Å². The molecule has 266 valence electrons. The van der Waals surface area contributed by atoms with Gasteiger partial charge >= 0.3 is 6.09 Å². The van der Waals surface area contributed by atoms with Crippen LogP contribution in [0.4, 0.5) is 26.5 Å². The second kappa shape index (κ2) is 13.6. The lowest BCUT2D eigenvalue weighted by atomic mass is 9.68. The maximum absolute atomic E-state index is 14.6. The van der Waals surface area contributed by atoms with Crippen LogP contribution in [-0.2, 0) is 4.74 Å². The summed E-state index contributed by atoms with van der Waals surface area (Å²) in [6.07, 6.45) is 11.3. The summed E-state index contributed by atoms with van der Waals surface area (Å²) in [5.74, 6) is 3.02. The minimum absolute atomic E-state index is 0.179. The van der Waals surface area contributed by atoms with E-state index in [9.17, 15) is 9.18 Å². The standard InChI is InChI=1S/C37H43FN10O3/c1-22(2)33(24-12-27(13-24)44-26-8-10-40-31(15-26)45-36(49)50-3)48-18-37(19-48)9-11-47(17-37)34-35(46-43-21-42-34)51-30-7-6-25(38)14-28(30)29-16-39-20-41-32(29)23-4-5-23/h6-8,10,14-16,20-24,27,33H,4-5,9,11-13,17-19H2,1-3H3,(H2,40,44,45,49)/t24?,27?,33-/m1/s1. The van der Waals surface area contributed by atoms with Crippen LogP contribution in [0.15, 0.2) is 55.4 Å². The smallest absolute Gasteiger partial charge is 0.412 e. The molecule has 2 saturated carbocycles. The van der Waals surface area contributed by atoms with Crippen LogP contribution in [0, 0.1) is 23.1 Å². The van der Waals surface area contributed by atoms with Crippen LogP contribution in [0.25, 0.3) is 11.1 Å². The summed E-state index contributed by atoms with van der Waals surface area (Å²) in [4.78, 5) is 34.1. The number of likely N-dealkylation sites (tertiary alicyclic amines) is 1. The Kier molecular flexibility index (Phi) is 8.86. The third-order valence-corrected chi connectivity index (χ3v) is 10.8. The van der Waals surface area contributed by atoms with E-state index in [2.05, 4.69) is 69.2 Å². The normalized spacial score (nSPS) is 21.5. The first kappa shape index (κ1) is 33.2. The van der Waals surface area contributed by atoms with Gasteiger partial charge in [0.05, 0.1) is 12.8 Å². The topological polar surface area (TPSA) is 143 Å². The molecular formula is C37H43FN10O3. The highest BCUT2D eigenvalue weighted by molar-refractivity contribution is 5.83. The van der Waals surface area contributed by atoms with Crippen LogP contribution in [0.1, 0.15) is 57.6 Å². The van der Waals surface area contributed by atoms with E-state index in [4.69, 9.17) is 4.74 Å². The summed E-state index contributed by atoms with van der Waals surface area (Å²) < 4.78 is 25.7. The fraction of sp³-hybridized carbons (Fsp3) is 0.486. The number of rotatable bonds is 11. The molecule has 0 radical (unpaired) electrons. The molecule has 51 heavy (non-hydrogen) atoms. The summed E-state index contributed by atoms with van der Waals surface area (Å²) in [5.41, 5.74) is 3.40. The van der Waals surface area contributed by atoms with E-state index >= 15 is 0 Å². The van der Waals surface area contributed by atoms with E-state index in [1.165, 1.54) is 25.6 Å². The number of methoxy groups -OCH3 is 1. The number of benzene rings is 1. The lowest BCUT2D eigenvalue weighted by Crippen LogP contribution is -2.65. The van der Waals surface area contributed by atoms with E-state index in [1.807, 2.05) is 12.1 Å². The molecule has 8 rings (SSSR count). The molecule has 0 bridgehead atoms. The quantitative estimate of drug-likeness (QED) is 0.186. The zero-order valence-corrected chi connectivity index (χ0v) is 29.1. The van der Waals surface area contributed by atoms with Gasteiger partial charge in [0.25, 0.3) is 5.88 Å². The van der Waals surface area contributed by atoms with Gasteiger partial charge in [-0.15, -0.1) is 10.2 Å². The summed E-state index contributed by atoms with van der Waals surface area (Å²) in [6, 6.07) is 9.14. The second-order valence-corrected chi connectivity index (χ2v) is 14.9. The minimum Gasteiger partial charge on any atom is -0.453 e. The average molecular weight is 695 g/mol. The Balaban J connectivity index is 0.907. The molecule has 2 saturated heterocycles. The van der Waals surface area contributed by atoms with Gasteiger partial charge in [-0.1, -0.05) is 13.8 Å². The molecule has 4 aromatic rings. The molecular weight excluding hydrogens is 651 g/mol. The monoisotopic (exact) mass is 694 g/mol.